The fraction of sp³-hybridized carbons (Fsp3) is 0.800. The highest BCUT2D eigenvalue weighted by Crippen LogP contribution is 2.19. The average molecular weight is 212 g/mol. The Kier molecular flexibility index (Phi) is 3.94. The molecule has 1 atom stereocenters. The molecule has 1 fully saturated rings. The number of nitrogens with zero attached hydrogens (tertiary/aromatic N) is 1. The number of hydrogen-bond acceptors (Lipinski definition) is 2. The second-order valence-electron chi connectivity index (χ2n) is 4.12. The number of urea groups is 1. The number of amidine groups is 1. The summed E-state index contributed by atoms with van der Waals surface area (Å²) in [6.07, 6.45) is 2.18. The Balaban J connectivity index is 2.38. The number of nitrogens with two attached hydrogens (primary N) is 1. The predicted molar refractivity (Wildman–Crippen MR) is 59.9 cm³/mol. The van der Waals surface area contributed by atoms with Crippen molar-refractivity contribution >= 4 is 11.9 Å². The molecular formula is C10H20N4O. The van der Waals surface area contributed by atoms with Crippen LogP contribution in [0.3, 0.4) is 0 Å². The zero-order chi connectivity index (χ0) is 11.4. The van der Waals surface area contributed by atoms with Gasteiger partial charge in [0.25, 0.3) is 0 Å². The minimum atomic E-state index is -0.0742. The lowest BCUT2D eigenvalue weighted by Gasteiger charge is -2.24. The van der Waals surface area contributed by atoms with Gasteiger partial charge in [-0.1, -0.05) is 6.92 Å². The Morgan fingerprint density at radius 1 is 1.67 bits per heavy atom. The minimum absolute atomic E-state index is 0.0342. The third kappa shape index (κ3) is 3.77. The molecule has 2 amide bonds. The summed E-state index contributed by atoms with van der Waals surface area (Å²) in [6, 6.07) is 0.340. The van der Waals surface area contributed by atoms with E-state index >= 15 is 0 Å². The first-order chi connectivity index (χ1) is 7.04. The molecule has 1 unspecified atom stereocenters. The first kappa shape index (κ1) is 11.8. The number of amides is 2. The van der Waals surface area contributed by atoms with Gasteiger partial charge in [0.15, 0.2) is 0 Å². The molecule has 0 radical (unpaired) electrons. The van der Waals surface area contributed by atoms with E-state index in [0.29, 0.717) is 19.1 Å². The van der Waals surface area contributed by atoms with Crippen molar-refractivity contribution in [1.29, 1.82) is 5.41 Å². The number of carbonyl (C=O) groups excluding carboxylic acids is 1. The molecule has 5 heteroatoms. The lowest BCUT2D eigenvalue weighted by Crippen LogP contribution is -2.44. The summed E-state index contributed by atoms with van der Waals surface area (Å²) in [7, 11) is 0. The second-order valence-corrected chi connectivity index (χ2v) is 4.12. The van der Waals surface area contributed by atoms with Gasteiger partial charge in [0.1, 0.15) is 0 Å². The van der Waals surface area contributed by atoms with Gasteiger partial charge in [0.05, 0.1) is 5.84 Å². The van der Waals surface area contributed by atoms with Crippen LogP contribution in [0.4, 0.5) is 4.79 Å². The molecule has 4 N–H and O–H groups in total. The van der Waals surface area contributed by atoms with E-state index in [1.807, 2.05) is 13.8 Å². The summed E-state index contributed by atoms with van der Waals surface area (Å²) >= 11 is 0. The summed E-state index contributed by atoms with van der Waals surface area (Å²) in [5.41, 5.74) is 5.38. The van der Waals surface area contributed by atoms with E-state index in [9.17, 15) is 4.79 Å². The van der Waals surface area contributed by atoms with E-state index in [4.69, 9.17) is 11.1 Å². The molecule has 0 bridgehead atoms. The normalized spacial score (nSPS) is 16.9. The Bertz CT molecular complexity index is 250. The maximum Gasteiger partial charge on any atom is 0.317 e. The molecular weight excluding hydrogens is 192 g/mol. The van der Waals surface area contributed by atoms with Crippen molar-refractivity contribution in [3.8, 4) is 0 Å². The largest absolute Gasteiger partial charge is 0.387 e. The van der Waals surface area contributed by atoms with E-state index in [2.05, 4.69) is 5.32 Å². The van der Waals surface area contributed by atoms with Crippen LogP contribution < -0.4 is 11.1 Å². The molecule has 0 aromatic heterocycles. The van der Waals surface area contributed by atoms with Crippen molar-refractivity contribution in [3.63, 3.8) is 0 Å². The van der Waals surface area contributed by atoms with Gasteiger partial charge >= 0.3 is 6.03 Å². The van der Waals surface area contributed by atoms with Gasteiger partial charge < -0.3 is 16.0 Å². The summed E-state index contributed by atoms with van der Waals surface area (Å²) < 4.78 is 0. The minimum Gasteiger partial charge on any atom is -0.387 e. The van der Waals surface area contributed by atoms with Crippen molar-refractivity contribution in [2.24, 2.45) is 11.7 Å². The summed E-state index contributed by atoms with van der Waals surface area (Å²) in [5.74, 6) is 0.0579. The molecule has 1 aliphatic carbocycles. The highest BCUT2D eigenvalue weighted by atomic mass is 16.2. The molecule has 1 rings (SSSR count). The number of nitrogens with one attached hydrogen (secondary N) is 2. The van der Waals surface area contributed by atoms with Gasteiger partial charge in [-0.05, 0) is 19.8 Å². The van der Waals surface area contributed by atoms with Crippen LogP contribution in [0.15, 0.2) is 0 Å². The van der Waals surface area contributed by atoms with Crippen LogP contribution >= 0.6 is 0 Å². The number of carbonyl (C=O) groups is 1. The zero-order valence-electron chi connectivity index (χ0n) is 9.42. The molecule has 1 aliphatic rings. The van der Waals surface area contributed by atoms with Crippen molar-refractivity contribution in [2.75, 3.05) is 13.1 Å². The summed E-state index contributed by atoms with van der Waals surface area (Å²) in [4.78, 5) is 13.4. The molecule has 0 aromatic rings. The lowest BCUT2D eigenvalue weighted by atomic mass is 10.1. The van der Waals surface area contributed by atoms with Crippen LogP contribution in [0.5, 0.6) is 0 Å². The molecule has 1 saturated carbocycles. The van der Waals surface area contributed by atoms with E-state index in [-0.39, 0.29) is 17.8 Å². The van der Waals surface area contributed by atoms with E-state index in [1.54, 1.807) is 4.90 Å². The quantitative estimate of drug-likeness (QED) is 0.464. The average Bonchev–Trinajstić information content (AvgIpc) is 2.96. The first-order valence-electron chi connectivity index (χ1n) is 5.44. The SMILES string of the molecule is CCN(CC(C)C(=N)N)C(=O)NC1CC1. The van der Waals surface area contributed by atoms with Crippen LogP contribution in [0.2, 0.25) is 0 Å². The highest BCUT2D eigenvalue weighted by molar-refractivity contribution is 5.81. The number of hydrogen-bond donors (Lipinski definition) is 3. The van der Waals surface area contributed by atoms with Gasteiger partial charge in [-0.3, -0.25) is 5.41 Å². The Hall–Kier alpha value is -1.26. The molecule has 15 heavy (non-hydrogen) atoms. The van der Waals surface area contributed by atoms with Crippen LogP contribution in [-0.4, -0.2) is 35.9 Å². The molecule has 0 aromatic carbocycles. The third-order valence-corrected chi connectivity index (χ3v) is 2.60. The second kappa shape index (κ2) is 5.00. The first-order valence-corrected chi connectivity index (χ1v) is 5.44. The fourth-order valence-corrected chi connectivity index (χ4v) is 1.28. The third-order valence-electron chi connectivity index (χ3n) is 2.60. The van der Waals surface area contributed by atoms with Crippen LogP contribution in [0.1, 0.15) is 26.7 Å². The van der Waals surface area contributed by atoms with Gasteiger partial charge in [0.2, 0.25) is 0 Å². The molecule has 86 valence electrons. The van der Waals surface area contributed by atoms with Gasteiger partial charge in [-0.15, -0.1) is 0 Å². The monoisotopic (exact) mass is 212 g/mol. The van der Waals surface area contributed by atoms with E-state index in [0.717, 1.165) is 12.8 Å². The molecule has 5 nitrogen and oxygen atoms in total. The Morgan fingerprint density at radius 3 is 2.67 bits per heavy atom. The van der Waals surface area contributed by atoms with E-state index in [1.165, 1.54) is 0 Å². The van der Waals surface area contributed by atoms with Crippen molar-refractivity contribution in [3.05, 3.63) is 0 Å². The van der Waals surface area contributed by atoms with E-state index < -0.39 is 0 Å². The van der Waals surface area contributed by atoms with Crippen LogP contribution in [0, 0.1) is 11.3 Å². The van der Waals surface area contributed by atoms with Gasteiger partial charge in [0, 0.05) is 25.0 Å². The lowest BCUT2D eigenvalue weighted by molar-refractivity contribution is 0.196. The smallest absolute Gasteiger partial charge is 0.317 e. The maximum atomic E-state index is 11.7. The fourth-order valence-electron chi connectivity index (χ4n) is 1.28. The number of rotatable bonds is 5. The molecule has 0 spiro atoms. The zero-order valence-corrected chi connectivity index (χ0v) is 9.42. The topological polar surface area (TPSA) is 82.2 Å². The van der Waals surface area contributed by atoms with Gasteiger partial charge in [-0.25, -0.2) is 4.79 Å². The van der Waals surface area contributed by atoms with Gasteiger partial charge in [-0.2, -0.15) is 0 Å². The summed E-state index contributed by atoms with van der Waals surface area (Å²) in [6.45, 7) is 4.95. The Morgan fingerprint density at radius 2 is 2.27 bits per heavy atom. The van der Waals surface area contributed by atoms with Crippen LogP contribution in [-0.2, 0) is 0 Å². The summed E-state index contributed by atoms with van der Waals surface area (Å²) in [5, 5.41) is 10.2. The van der Waals surface area contributed by atoms with Crippen molar-refractivity contribution < 1.29 is 4.79 Å². The van der Waals surface area contributed by atoms with Crippen LogP contribution in [0.25, 0.3) is 0 Å². The maximum absolute atomic E-state index is 11.7. The highest BCUT2D eigenvalue weighted by Gasteiger charge is 2.26. The van der Waals surface area contributed by atoms with Crippen molar-refractivity contribution in [2.45, 2.75) is 32.7 Å². The Labute approximate surface area is 90.5 Å². The van der Waals surface area contributed by atoms with Crippen molar-refractivity contribution in [1.82, 2.24) is 10.2 Å². The molecule has 0 saturated heterocycles. The predicted octanol–water partition coefficient (Wildman–Crippen LogP) is 0.752. The molecule has 0 aliphatic heterocycles. The standard InChI is InChI=1S/C10H20N4O/c1-3-14(6-7(2)9(11)12)10(15)13-8-4-5-8/h7-8H,3-6H2,1-2H3,(H3,11,12)(H,13,15). The molecule has 0 heterocycles.